The highest BCUT2D eigenvalue weighted by Gasteiger charge is 2.43. The van der Waals surface area contributed by atoms with E-state index in [1.54, 1.807) is 0 Å². The first-order valence-corrected chi connectivity index (χ1v) is 7.64. The molecule has 0 bridgehead atoms. The second-order valence-electron chi connectivity index (χ2n) is 6.73. The number of hydrogen-bond donors (Lipinski definition) is 0. The highest BCUT2D eigenvalue weighted by molar-refractivity contribution is 5.40. The fourth-order valence-electron chi connectivity index (χ4n) is 4.11. The lowest BCUT2D eigenvalue weighted by atomic mass is 9.85. The summed E-state index contributed by atoms with van der Waals surface area (Å²) in [6.07, 6.45) is 5.75. The zero-order chi connectivity index (χ0) is 15.8. The van der Waals surface area contributed by atoms with Gasteiger partial charge < -0.3 is 0 Å². The summed E-state index contributed by atoms with van der Waals surface area (Å²) in [4.78, 5) is 0. The molecular formula is C18H16N4. The van der Waals surface area contributed by atoms with Crippen molar-refractivity contribution < 1.29 is 0 Å². The minimum atomic E-state index is -0.859. The van der Waals surface area contributed by atoms with Gasteiger partial charge in [0.1, 0.15) is 0 Å². The summed E-state index contributed by atoms with van der Waals surface area (Å²) in [7, 11) is 0. The second kappa shape index (κ2) is 5.02. The molecule has 0 aromatic carbocycles. The van der Waals surface area contributed by atoms with Crippen LogP contribution in [0.3, 0.4) is 0 Å². The summed E-state index contributed by atoms with van der Waals surface area (Å²) >= 11 is 0. The molecule has 0 aromatic heterocycles. The number of nitriles is 4. The summed E-state index contributed by atoms with van der Waals surface area (Å²) in [5.74, 6) is 0. The van der Waals surface area contributed by atoms with E-state index in [0.29, 0.717) is 25.7 Å². The molecule has 4 nitrogen and oxygen atoms in total. The number of nitrogens with zero attached hydrogens (tertiary/aromatic N) is 4. The van der Waals surface area contributed by atoms with Crippen LogP contribution in [0.2, 0.25) is 0 Å². The molecule has 4 heteroatoms. The van der Waals surface area contributed by atoms with Gasteiger partial charge in [-0.3, -0.25) is 0 Å². The molecule has 0 radical (unpaired) electrons. The van der Waals surface area contributed by atoms with Gasteiger partial charge in [0.05, 0.1) is 24.3 Å². The Kier molecular flexibility index (Phi) is 3.28. The molecule has 0 spiro atoms. The van der Waals surface area contributed by atoms with Gasteiger partial charge >= 0.3 is 0 Å². The Morgan fingerprint density at radius 1 is 0.500 bits per heavy atom. The molecule has 0 saturated carbocycles. The zero-order valence-corrected chi connectivity index (χ0v) is 12.4. The Hall–Kier alpha value is -2.56. The van der Waals surface area contributed by atoms with E-state index in [0.717, 1.165) is 25.7 Å². The van der Waals surface area contributed by atoms with Crippen LogP contribution in [-0.4, -0.2) is 0 Å². The Morgan fingerprint density at radius 3 is 0.909 bits per heavy atom. The molecule has 0 amide bonds. The van der Waals surface area contributed by atoms with E-state index in [9.17, 15) is 21.0 Å². The summed E-state index contributed by atoms with van der Waals surface area (Å²) in [6, 6.07) is 8.81. The summed E-state index contributed by atoms with van der Waals surface area (Å²) in [6.45, 7) is 0. The van der Waals surface area contributed by atoms with Crippen molar-refractivity contribution in [2.75, 3.05) is 0 Å². The molecule has 0 aliphatic heterocycles. The fourth-order valence-corrected chi connectivity index (χ4v) is 4.11. The van der Waals surface area contributed by atoms with Crippen molar-refractivity contribution in [3.05, 3.63) is 22.3 Å². The molecule has 0 fully saturated rings. The maximum absolute atomic E-state index is 9.32. The Bertz CT molecular complexity index is 625. The van der Waals surface area contributed by atoms with Crippen LogP contribution in [0.25, 0.3) is 0 Å². The van der Waals surface area contributed by atoms with Gasteiger partial charge in [-0.2, -0.15) is 21.0 Å². The highest BCUT2D eigenvalue weighted by atomic mass is 14.5. The van der Waals surface area contributed by atoms with E-state index in [2.05, 4.69) is 24.3 Å². The normalized spacial score (nSPS) is 24.9. The minimum Gasteiger partial charge on any atom is -0.197 e. The molecule has 3 aliphatic carbocycles. The van der Waals surface area contributed by atoms with E-state index >= 15 is 0 Å². The predicted molar refractivity (Wildman–Crippen MR) is 78.3 cm³/mol. The number of rotatable bonds is 0. The Labute approximate surface area is 130 Å². The third-order valence-corrected chi connectivity index (χ3v) is 5.37. The van der Waals surface area contributed by atoms with Gasteiger partial charge in [0.25, 0.3) is 0 Å². The van der Waals surface area contributed by atoms with Crippen molar-refractivity contribution in [3.63, 3.8) is 0 Å². The molecule has 0 heterocycles. The van der Waals surface area contributed by atoms with E-state index < -0.39 is 10.8 Å². The van der Waals surface area contributed by atoms with Gasteiger partial charge in [0.15, 0.2) is 10.8 Å². The van der Waals surface area contributed by atoms with Crippen molar-refractivity contribution in [2.24, 2.45) is 10.8 Å². The SMILES string of the molecule is N#CC1(C#N)CC2=C(CCC3=C(CC2)CC(C#N)(C#N)C3)C1. The van der Waals surface area contributed by atoms with Crippen LogP contribution in [0.15, 0.2) is 22.3 Å². The first-order valence-electron chi connectivity index (χ1n) is 7.64. The zero-order valence-electron chi connectivity index (χ0n) is 12.4. The van der Waals surface area contributed by atoms with Gasteiger partial charge in [-0.25, -0.2) is 0 Å². The smallest absolute Gasteiger partial charge is 0.151 e. The largest absolute Gasteiger partial charge is 0.197 e. The molecule has 0 atom stereocenters. The topological polar surface area (TPSA) is 95.2 Å². The summed E-state index contributed by atoms with van der Waals surface area (Å²) < 4.78 is 0. The van der Waals surface area contributed by atoms with E-state index in [-0.39, 0.29) is 0 Å². The molecule has 3 aliphatic rings. The average molecular weight is 288 g/mol. The van der Waals surface area contributed by atoms with E-state index in [4.69, 9.17) is 0 Å². The molecule has 0 N–H and O–H groups in total. The lowest BCUT2D eigenvalue weighted by molar-refractivity contribution is 0.532. The molecule has 0 aromatic rings. The van der Waals surface area contributed by atoms with Gasteiger partial charge in [-0.15, -0.1) is 0 Å². The predicted octanol–water partition coefficient (Wildman–Crippen LogP) is 3.81. The Morgan fingerprint density at radius 2 is 0.727 bits per heavy atom. The molecule has 0 saturated heterocycles. The maximum Gasteiger partial charge on any atom is 0.151 e. The lowest BCUT2D eigenvalue weighted by Gasteiger charge is -2.14. The third kappa shape index (κ3) is 2.09. The van der Waals surface area contributed by atoms with Crippen LogP contribution < -0.4 is 0 Å². The molecular weight excluding hydrogens is 272 g/mol. The van der Waals surface area contributed by atoms with Crippen molar-refractivity contribution in [1.29, 1.82) is 21.0 Å². The van der Waals surface area contributed by atoms with Crippen LogP contribution >= 0.6 is 0 Å². The van der Waals surface area contributed by atoms with Crippen LogP contribution in [0.5, 0.6) is 0 Å². The Balaban J connectivity index is 1.78. The lowest BCUT2D eigenvalue weighted by Crippen LogP contribution is -2.12. The molecule has 0 unspecified atom stereocenters. The first-order chi connectivity index (χ1) is 10.6. The quantitative estimate of drug-likeness (QED) is 0.633. The second-order valence-corrected chi connectivity index (χ2v) is 6.73. The van der Waals surface area contributed by atoms with Gasteiger partial charge in [-0.05, 0) is 25.7 Å². The van der Waals surface area contributed by atoms with Gasteiger partial charge in [0, 0.05) is 25.7 Å². The average Bonchev–Trinajstić information content (AvgIpc) is 3.08. The standard InChI is InChI=1S/C18H16N4/c19-9-17(10-20)5-13-1-2-14-6-18(11-21,12-22)8-16(14)4-3-15(13)7-17/h1-8H2. The molecule has 22 heavy (non-hydrogen) atoms. The molecule has 3 rings (SSSR count). The van der Waals surface area contributed by atoms with Crippen molar-refractivity contribution in [3.8, 4) is 24.3 Å². The molecule has 108 valence electrons. The van der Waals surface area contributed by atoms with Crippen molar-refractivity contribution in [2.45, 2.75) is 51.4 Å². The highest BCUT2D eigenvalue weighted by Crippen LogP contribution is 2.51. The third-order valence-electron chi connectivity index (χ3n) is 5.37. The van der Waals surface area contributed by atoms with Crippen LogP contribution in [0, 0.1) is 56.2 Å². The summed E-state index contributed by atoms with van der Waals surface area (Å²) in [5, 5.41) is 37.3. The van der Waals surface area contributed by atoms with Crippen LogP contribution in [0.1, 0.15) is 51.4 Å². The van der Waals surface area contributed by atoms with E-state index in [1.807, 2.05) is 0 Å². The van der Waals surface area contributed by atoms with Crippen LogP contribution in [-0.2, 0) is 0 Å². The monoisotopic (exact) mass is 288 g/mol. The van der Waals surface area contributed by atoms with Crippen molar-refractivity contribution >= 4 is 0 Å². The van der Waals surface area contributed by atoms with E-state index in [1.165, 1.54) is 22.3 Å². The maximum atomic E-state index is 9.32. The fraction of sp³-hybridized carbons (Fsp3) is 0.556. The van der Waals surface area contributed by atoms with Gasteiger partial charge in [0.2, 0.25) is 0 Å². The van der Waals surface area contributed by atoms with Gasteiger partial charge in [-0.1, -0.05) is 22.3 Å². The number of allylic oxidation sites excluding steroid dienone is 4. The first kappa shape index (κ1) is 14.4. The summed E-state index contributed by atoms with van der Waals surface area (Å²) in [5.41, 5.74) is 3.34. The van der Waals surface area contributed by atoms with Crippen molar-refractivity contribution in [1.82, 2.24) is 0 Å². The van der Waals surface area contributed by atoms with Crippen LogP contribution in [0.4, 0.5) is 0 Å². The number of hydrogen-bond acceptors (Lipinski definition) is 4. The minimum absolute atomic E-state index is 0.569.